The minimum atomic E-state index is -0.663. The van der Waals surface area contributed by atoms with E-state index in [4.69, 9.17) is 21.1 Å². The topological polar surface area (TPSA) is 35.5 Å². The highest BCUT2D eigenvalue weighted by atomic mass is 35.5. The van der Waals surface area contributed by atoms with Crippen molar-refractivity contribution in [3.63, 3.8) is 0 Å². The summed E-state index contributed by atoms with van der Waals surface area (Å²) < 4.78 is 10.4. The molecule has 0 radical (unpaired) electrons. The standard InChI is InChI=1S/C12H15ClO3/c1-12(2,7-14)9-5-8(13)6-10(15-3)11(9)16-4/h5-7H,1-4H3. The molecule has 0 saturated carbocycles. The first kappa shape index (κ1) is 12.8. The van der Waals surface area contributed by atoms with Gasteiger partial charge in [-0.25, -0.2) is 0 Å². The van der Waals surface area contributed by atoms with E-state index in [1.807, 2.05) is 0 Å². The first-order valence-corrected chi connectivity index (χ1v) is 5.22. The Bertz CT molecular complexity index is 399. The fraction of sp³-hybridized carbons (Fsp3) is 0.417. The van der Waals surface area contributed by atoms with Crippen LogP contribution in [0.4, 0.5) is 0 Å². The van der Waals surface area contributed by atoms with E-state index in [-0.39, 0.29) is 0 Å². The molecule has 0 atom stereocenters. The minimum absolute atomic E-state index is 0.516. The zero-order valence-electron chi connectivity index (χ0n) is 9.83. The SMILES string of the molecule is COc1cc(Cl)cc(C(C)(C)C=O)c1OC. The monoisotopic (exact) mass is 242 g/mol. The fourth-order valence-corrected chi connectivity index (χ4v) is 1.68. The summed E-state index contributed by atoms with van der Waals surface area (Å²) in [6.45, 7) is 3.60. The Morgan fingerprint density at radius 2 is 1.88 bits per heavy atom. The largest absolute Gasteiger partial charge is 0.493 e. The molecule has 0 aromatic heterocycles. The fourth-order valence-electron chi connectivity index (χ4n) is 1.47. The van der Waals surface area contributed by atoms with E-state index in [2.05, 4.69) is 0 Å². The molecule has 0 N–H and O–H groups in total. The number of hydrogen-bond acceptors (Lipinski definition) is 3. The number of ether oxygens (including phenoxy) is 2. The average molecular weight is 243 g/mol. The maximum atomic E-state index is 11.1. The highest BCUT2D eigenvalue weighted by Gasteiger charge is 2.26. The molecule has 0 saturated heterocycles. The summed E-state index contributed by atoms with van der Waals surface area (Å²) in [6.07, 6.45) is 0.862. The third-order valence-corrected chi connectivity index (χ3v) is 2.65. The number of carbonyl (C=O) groups excluding carboxylic acids is 1. The zero-order valence-corrected chi connectivity index (χ0v) is 10.6. The Morgan fingerprint density at radius 1 is 1.25 bits per heavy atom. The van der Waals surface area contributed by atoms with Gasteiger partial charge in [0.1, 0.15) is 6.29 Å². The van der Waals surface area contributed by atoms with E-state index in [1.54, 1.807) is 26.0 Å². The highest BCUT2D eigenvalue weighted by molar-refractivity contribution is 6.30. The van der Waals surface area contributed by atoms with Crippen molar-refractivity contribution in [1.29, 1.82) is 0 Å². The lowest BCUT2D eigenvalue weighted by Gasteiger charge is -2.22. The zero-order chi connectivity index (χ0) is 12.3. The number of methoxy groups -OCH3 is 2. The highest BCUT2D eigenvalue weighted by Crippen LogP contribution is 2.40. The van der Waals surface area contributed by atoms with Crippen LogP contribution in [0.3, 0.4) is 0 Å². The first-order chi connectivity index (χ1) is 7.46. The summed E-state index contributed by atoms with van der Waals surface area (Å²) in [7, 11) is 3.07. The predicted octanol–water partition coefficient (Wildman–Crippen LogP) is 2.83. The first-order valence-electron chi connectivity index (χ1n) is 4.84. The Hall–Kier alpha value is -1.22. The van der Waals surface area contributed by atoms with Crippen LogP contribution in [0.25, 0.3) is 0 Å². The molecule has 88 valence electrons. The molecule has 0 bridgehead atoms. The van der Waals surface area contributed by atoms with Crippen molar-refractivity contribution < 1.29 is 14.3 Å². The summed E-state index contributed by atoms with van der Waals surface area (Å²) >= 11 is 5.97. The van der Waals surface area contributed by atoms with Gasteiger partial charge in [-0.15, -0.1) is 0 Å². The van der Waals surface area contributed by atoms with Crippen LogP contribution in [0.2, 0.25) is 5.02 Å². The predicted molar refractivity (Wildman–Crippen MR) is 63.6 cm³/mol. The number of aldehydes is 1. The van der Waals surface area contributed by atoms with Gasteiger partial charge in [0.25, 0.3) is 0 Å². The van der Waals surface area contributed by atoms with Gasteiger partial charge < -0.3 is 14.3 Å². The van der Waals surface area contributed by atoms with Gasteiger partial charge in [-0.2, -0.15) is 0 Å². The number of carbonyl (C=O) groups is 1. The summed E-state index contributed by atoms with van der Waals surface area (Å²) in [5.41, 5.74) is 0.0538. The van der Waals surface area contributed by atoms with Gasteiger partial charge in [-0.3, -0.25) is 0 Å². The van der Waals surface area contributed by atoms with Crippen molar-refractivity contribution >= 4 is 17.9 Å². The van der Waals surface area contributed by atoms with Crippen LogP contribution in [0.15, 0.2) is 12.1 Å². The smallest absolute Gasteiger partial charge is 0.164 e. The van der Waals surface area contributed by atoms with Crippen LogP contribution in [-0.2, 0) is 10.2 Å². The van der Waals surface area contributed by atoms with Gasteiger partial charge in [0.05, 0.1) is 14.2 Å². The minimum Gasteiger partial charge on any atom is -0.493 e. The van der Waals surface area contributed by atoms with Gasteiger partial charge in [0.2, 0.25) is 0 Å². The van der Waals surface area contributed by atoms with Gasteiger partial charge in [0, 0.05) is 22.1 Å². The Balaban J connectivity index is 3.48. The van der Waals surface area contributed by atoms with Gasteiger partial charge in [-0.05, 0) is 19.9 Å². The molecule has 1 aromatic rings. The second kappa shape index (κ2) is 4.74. The molecular weight excluding hydrogens is 228 g/mol. The van der Waals surface area contributed by atoms with Gasteiger partial charge >= 0.3 is 0 Å². The second-order valence-electron chi connectivity index (χ2n) is 4.03. The molecular formula is C12H15ClO3. The molecule has 0 amide bonds. The number of halogens is 1. The quantitative estimate of drug-likeness (QED) is 0.762. The Labute approximate surface area is 100 Å². The molecule has 3 nitrogen and oxygen atoms in total. The van der Waals surface area contributed by atoms with Crippen LogP contribution < -0.4 is 9.47 Å². The molecule has 0 spiro atoms. The number of rotatable bonds is 4. The second-order valence-corrected chi connectivity index (χ2v) is 4.46. The molecule has 0 aliphatic carbocycles. The Morgan fingerprint density at radius 3 is 2.31 bits per heavy atom. The van der Waals surface area contributed by atoms with Crippen molar-refractivity contribution in [1.82, 2.24) is 0 Å². The molecule has 4 heteroatoms. The summed E-state index contributed by atoms with van der Waals surface area (Å²) in [5, 5.41) is 0.516. The lowest BCUT2D eigenvalue weighted by atomic mass is 9.85. The van der Waals surface area contributed by atoms with E-state index in [0.29, 0.717) is 22.1 Å². The molecule has 0 fully saturated rings. The lowest BCUT2D eigenvalue weighted by molar-refractivity contribution is -0.111. The van der Waals surface area contributed by atoms with E-state index >= 15 is 0 Å². The van der Waals surface area contributed by atoms with Crippen molar-refractivity contribution in [3.8, 4) is 11.5 Å². The van der Waals surface area contributed by atoms with Crippen LogP contribution in [0.1, 0.15) is 19.4 Å². The third kappa shape index (κ3) is 2.30. The van der Waals surface area contributed by atoms with Crippen LogP contribution in [0.5, 0.6) is 11.5 Å². The normalized spacial score (nSPS) is 11.1. The van der Waals surface area contributed by atoms with Crippen molar-refractivity contribution in [3.05, 3.63) is 22.7 Å². The van der Waals surface area contributed by atoms with Crippen LogP contribution in [-0.4, -0.2) is 20.5 Å². The van der Waals surface area contributed by atoms with Crippen molar-refractivity contribution in [2.45, 2.75) is 19.3 Å². The van der Waals surface area contributed by atoms with E-state index in [9.17, 15) is 4.79 Å². The third-order valence-electron chi connectivity index (χ3n) is 2.43. The summed E-state index contributed by atoms with van der Waals surface area (Å²) in [6, 6.07) is 3.38. The van der Waals surface area contributed by atoms with E-state index in [1.165, 1.54) is 14.2 Å². The van der Waals surface area contributed by atoms with Crippen molar-refractivity contribution in [2.75, 3.05) is 14.2 Å². The van der Waals surface area contributed by atoms with E-state index in [0.717, 1.165) is 6.29 Å². The van der Waals surface area contributed by atoms with Crippen LogP contribution in [0, 0.1) is 0 Å². The number of benzene rings is 1. The summed E-state index contributed by atoms with van der Waals surface area (Å²) in [4.78, 5) is 11.1. The van der Waals surface area contributed by atoms with Crippen LogP contribution >= 0.6 is 11.6 Å². The average Bonchev–Trinajstić information content (AvgIpc) is 2.27. The molecule has 16 heavy (non-hydrogen) atoms. The molecule has 1 aromatic carbocycles. The lowest BCUT2D eigenvalue weighted by Crippen LogP contribution is -2.20. The Kier molecular flexibility index (Phi) is 3.81. The molecule has 0 heterocycles. The van der Waals surface area contributed by atoms with Crippen molar-refractivity contribution in [2.24, 2.45) is 0 Å². The number of hydrogen-bond donors (Lipinski definition) is 0. The maximum absolute atomic E-state index is 11.1. The molecule has 0 aliphatic heterocycles. The molecule has 1 rings (SSSR count). The molecule has 0 aliphatic rings. The molecule has 0 unspecified atom stereocenters. The van der Waals surface area contributed by atoms with Gasteiger partial charge in [-0.1, -0.05) is 11.6 Å². The van der Waals surface area contributed by atoms with Gasteiger partial charge in [0.15, 0.2) is 11.5 Å². The van der Waals surface area contributed by atoms with E-state index < -0.39 is 5.41 Å². The summed E-state index contributed by atoms with van der Waals surface area (Å²) in [5.74, 6) is 1.07. The maximum Gasteiger partial charge on any atom is 0.164 e.